The summed E-state index contributed by atoms with van der Waals surface area (Å²) < 4.78 is 30.8. The van der Waals surface area contributed by atoms with Crippen molar-refractivity contribution in [1.29, 1.82) is 0 Å². The number of fused-ring (bicyclic) bond motifs is 4. The van der Waals surface area contributed by atoms with Crippen molar-refractivity contribution in [3.8, 4) is 11.3 Å². The fourth-order valence-electron chi connectivity index (χ4n) is 9.55. The number of nitrogens with one attached hydrogen (secondary N) is 3. The van der Waals surface area contributed by atoms with Gasteiger partial charge in [0.05, 0.1) is 63.7 Å². The lowest BCUT2D eigenvalue weighted by atomic mass is 9.90. The summed E-state index contributed by atoms with van der Waals surface area (Å²) >= 11 is 7.34. The van der Waals surface area contributed by atoms with Crippen LogP contribution in [0.2, 0.25) is 5.02 Å². The molecule has 2 saturated heterocycles. The molecule has 9 rings (SSSR count). The van der Waals surface area contributed by atoms with Crippen molar-refractivity contribution in [3.63, 3.8) is 0 Å². The Hall–Kier alpha value is -4.05. The van der Waals surface area contributed by atoms with Crippen molar-refractivity contribution < 1.29 is 23.8 Å². The molecule has 2 aliphatic carbocycles. The van der Waals surface area contributed by atoms with Crippen molar-refractivity contribution in [2.75, 3.05) is 26.7 Å². The number of alkyl halides is 1. The number of hydrogen-bond acceptors (Lipinski definition) is 9. The van der Waals surface area contributed by atoms with E-state index in [1.807, 2.05) is 55.4 Å². The lowest BCUT2D eigenvalue weighted by Gasteiger charge is -2.34. The Balaban J connectivity index is 1.00. The van der Waals surface area contributed by atoms with Crippen LogP contribution in [0, 0.1) is 17.8 Å². The highest BCUT2D eigenvalue weighted by molar-refractivity contribution is 6.37. The number of rotatable bonds is 13. The number of aliphatic hydroxyl groups is 1. The zero-order valence-corrected chi connectivity index (χ0v) is 35.3. The summed E-state index contributed by atoms with van der Waals surface area (Å²) in [5, 5.41) is 14.6. The number of imidazole rings is 2. The molecule has 1 aromatic carbocycles. The summed E-state index contributed by atoms with van der Waals surface area (Å²) in [5.41, 5.74) is 11.7. The minimum Gasteiger partial charge on any atom is -0.469 e. The van der Waals surface area contributed by atoms with Gasteiger partial charge in [0, 0.05) is 49.5 Å². The molecule has 59 heavy (non-hydrogen) atoms. The molecule has 0 spiro atoms. The van der Waals surface area contributed by atoms with Gasteiger partial charge in [0.1, 0.15) is 23.6 Å². The zero-order chi connectivity index (χ0) is 41.3. The molecule has 316 valence electrons. The highest BCUT2D eigenvalue weighted by Crippen LogP contribution is 2.54. The van der Waals surface area contributed by atoms with Crippen molar-refractivity contribution in [3.05, 3.63) is 70.5 Å². The average Bonchev–Trinajstić information content (AvgIpc) is 3.75. The number of aliphatic hydroxyl groups excluding tert-OH is 1. The molecule has 0 radical (unpaired) electrons. The molecule has 3 aliphatic heterocycles. The van der Waals surface area contributed by atoms with E-state index in [2.05, 4.69) is 38.6 Å². The van der Waals surface area contributed by atoms with E-state index in [9.17, 15) is 9.90 Å². The van der Waals surface area contributed by atoms with Gasteiger partial charge in [-0.05, 0) is 80.7 Å². The molecular formula is C44H57ClFN9O4. The average molecular weight is 830 g/mol. The highest BCUT2D eigenvalue weighted by atomic mass is 35.5. The number of benzene rings is 1. The summed E-state index contributed by atoms with van der Waals surface area (Å²) in [4.78, 5) is 34.1. The number of nitrogens with two attached hydrogens (primary N) is 1. The van der Waals surface area contributed by atoms with Crippen molar-refractivity contribution in [1.82, 2.24) is 39.6 Å². The summed E-state index contributed by atoms with van der Waals surface area (Å²) in [6, 6.07) is 5.54. The van der Waals surface area contributed by atoms with Crippen molar-refractivity contribution in [2.24, 2.45) is 23.5 Å². The van der Waals surface area contributed by atoms with Crippen LogP contribution in [0.1, 0.15) is 114 Å². The topological polar surface area (TPSA) is 163 Å². The molecule has 0 bridgehead atoms. The van der Waals surface area contributed by atoms with Crippen LogP contribution in [0.25, 0.3) is 33.3 Å². The van der Waals surface area contributed by atoms with Crippen LogP contribution in [0.3, 0.4) is 0 Å². The third-order valence-corrected chi connectivity index (χ3v) is 13.6. The standard InChI is InChI=1S/C44H57ClFN9O4/c1-22(2)31(52-44(57)58-5)21-53-14-6-8-33(53)40-48-20-30(51-40)26-17-28(46)36-35(18-26)59-43(24-10-11-24)55-32-13-12-25(16-27(32)37(45)39(36)55)29-19-49-41(50-29)34-9-7-15-54(34)42(56)38(47)23(3)4/h12-13,16,18-20,22-24,28,31,33-34,38,43-44,52,57H,6-11,14-15,17,21,47H2,1-5H3,(H,48,51)(H,49,50). The monoisotopic (exact) mass is 829 g/mol. The molecule has 1 amide bonds. The normalized spacial score (nSPS) is 25.1. The van der Waals surface area contributed by atoms with Crippen LogP contribution < -0.4 is 11.1 Å². The first kappa shape index (κ1) is 40.4. The Kier molecular flexibility index (Phi) is 11.0. The van der Waals surface area contributed by atoms with Gasteiger partial charge in [-0.2, -0.15) is 0 Å². The smallest absolute Gasteiger partial charge is 0.240 e. The predicted octanol–water partition coefficient (Wildman–Crippen LogP) is 7.20. The Morgan fingerprint density at radius 3 is 2.49 bits per heavy atom. The molecule has 6 N–H and O–H groups in total. The quantitative estimate of drug-likeness (QED) is 0.0878. The second-order valence-corrected chi connectivity index (χ2v) is 18.2. The second-order valence-electron chi connectivity index (χ2n) is 17.8. The van der Waals surface area contributed by atoms with E-state index < -0.39 is 18.6 Å². The number of likely N-dealkylation sites (tertiary alicyclic amines) is 2. The van der Waals surface area contributed by atoms with Gasteiger partial charge in [0.2, 0.25) is 12.3 Å². The van der Waals surface area contributed by atoms with Crippen molar-refractivity contribution in [2.45, 2.75) is 116 Å². The Morgan fingerprint density at radius 1 is 1.05 bits per heavy atom. The summed E-state index contributed by atoms with van der Waals surface area (Å²) in [6.45, 7) is 10.5. The van der Waals surface area contributed by atoms with Crippen LogP contribution in [0.4, 0.5) is 4.39 Å². The highest BCUT2D eigenvalue weighted by Gasteiger charge is 2.44. The number of ether oxygens (including phenoxy) is 2. The van der Waals surface area contributed by atoms with E-state index in [-0.39, 0.29) is 48.5 Å². The van der Waals surface area contributed by atoms with E-state index in [1.165, 1.54) is 7.11 Å². The number of methoxy groups -OCH3 is 1. The fourth-order valence-corrected chi connectivity index (χ4v) is 9.89. The van der Waals surface area contributed by atoms with Crippen LogP contribution in [0.5, 0.6) is 0 Å². The van der Waals surface area contributed by atoms with Gasteiger partial charge in [-0.15, -0.1) is 0 Å². The van der Waals surface area contributed by atoms with E-state index in [0.717, 1.165) is 96.7 Å². The largest absolute Gasteiger partial charge is 0.469 e. The number of carbonyl (C=O) groups excluding carboxylic acids is 1. The summed E-state index contributed by atoms with van der Waals surface area (Å²) in [6.07, 6.45) is 8.84. The van der Waals surface area contributed by atoms with E-state index >= 15 is 4.39 Å². The first-order valence-corrected chi connectivity index (χ1v) is 21.8. The van der Waals surface area contributed by atoms with Gasteiger partial charge in [-0.1, -0.05) is 45.4 Å². The Labute approximate surface area is 349 Å². The van der Waals surface area contributed by atoms with Crippen LogP contribution in [-0.2, 0) is 14.3 Å². The van der Waals surface area contributed by atoms with E-state index in [4.69, 9.17) is 36.8 Å². The predicted molar refractivity (Wildman–Crippen MR) is 225 cm³/mol. The lowest BCUT2D eigenvalue weighted by Crippen LogP contribution is -2.48. The molecule has 3 aromatic heterocycles. The Morgan fingerprint density at radius 2 is 1.76 bits per heavy atom. The molecule has 7 atom stereocenters. The molecular weight excluding hydrogens is 773 g/mol. The molecule has 3 fully saturated rings. The van der Waals surface area contributed by atoms with E-state index in [0.29, 0.717) is 34.5 Å². The molecule has 5 aliphatic rings. The maximum Gasteiger partial charge on any atom is 0.240 e. The van der Waals surface area contributed by atoms with Gasteiger partial charge >= 0.3 is 0 Å². The molecule has 7 unspecified atom stereocenters. The summed E-state index contributed by atoms with van der Waals surface area (Å²) in [7, 11) is 1.48. The summed E-state index contributed by atoms with van der Waals surface area (Å²) in [5.74, 6) is 2.71. The van der Waals surface area contributed by atoms with Crippen LogP contribution in [0.15, 0.2) is 42.4 Å². The number of aromatic nitrogens is 5. The molecule has 13 nitrogen and oxygen atoms in total. The van der Waals surface area contributed by atoms with Gasteiger partial charge in [0.15, 0.2) is 6.23 Å². The number of aromatic amines is 2. The number of nitrogens with zero attached hydrogens (tertiary/aromatic N) is 5. The maximum atomic E-state index is 16.8. The molecule has 15 heteroatoms. The molecule has 4 aromatic rings. The van der Waals surface area contributed by atoms with Crippen LogP contribution in [-0.4, -0.2) is 96.7 Å². The van der Waals surface area contributed by atoms with Crippen molar-refractivity contribution >= 4 is 39.6 Å². The number of halogens is 2. The zero-order valence-electron chi connectivity index (χ0n) is 34.5. The lowest BCUT2D eigenvalue weighted by molar-refractivity contribution is -0.134. The van der Waals surface area contributed by atoms with E-state index in [1.54, 1.807) is 0 Å². The fraction of sp³-hybridized carbons (Fsp3) is 0.568. The first-order valence-electron chi connectivity index (χ1n) is 21.4. The minimum absolute atomic E-state index is 0.0228. The first-order chi connectivity index (χ1) is 28.4. The Bertz CT molecular complexity index is 2280. The SMILES string of the molecule is COC(O)NC(CN1CCCC1c1ncc(C2=CC3=C(c4c(Cl)c5cc(-c6cnc(C7CCCN7C(=O)C(N)C(C)C)[nH]6)ccc5n4C(C4CC4)O3)C(F)C2)[nH]1)C(C)C. The number of carbonyl (C=O) groups is 1. The van der Waals surface area contributed by atoms with Crippen LogP contribution >= 0.6 is 11.6 Å². The second kappa shape index (κ2) is 16.1. The number of hydrogen-bond donors (Lipinski definition) is 5. The molecule has 6 heterocycles. The number of allylic oxidation sites excluding steroid dienone is 3. The third kappa shape index (κ3) is 7.43. The maximum absolute atomic E-state index is 16.8. The minimum atomic E-state index is -1.35. The molecule has 1 saturated carbocycles. The van der Waals surface area contributed by atoms with Gasteiger partial charge in [0.25, 0.3) is 0 Å². The third-order valence-electron chi connectivity index (χ3n) is 13.2. The van der Waals surface area contributed by atoms with Gasteiger partial charge in [-0.3, -0.25) is 15.0 Å². The van der Waals surface area contributed by atoms with Gasteiger partial charge < -0.3 is 39.7 Å². The number of H-pyrrole nitrogens is 2. The number of amides is 1. The van der Waals surface area contributed by atoms with Gasteiger partial charge in [-0.25, -0.2) is 14.4 Å².